The summed E-state index contributed by atoms with van der Waals surface area (Å²) < 4.78 is 61.2. The van der Waals surface area contributed by atoms with Gasteiger partial charge in [0.05, 0.1) is 27.2 Å². The molecular weight excluding hydrogens is 387 g/mol. The predicted molar refractivity (Wildman–Crippen MR) is 85.6 cm³/mol. The Morgan fingerprint density at radius 3 is 2.12 bits per heavy atom. The van der Waals surface area contributed by atoms with E-state index < -0.39 is 7.81 Å². The van der Waals surface area contributed by atoms with E-state index >= 15 is 0 Å². The average molecular weight is 405 g/mol. The van der Waals surface area contributed by atoms with E-state index in [2.05, 4.69) is 15.2 Å². The van der Waals surface area contributed by atoms with Gasteiger partial charge in [-0.3, -0.25) is 4.84 Å². The average Bonchev–Trinajstić information content (AvgIpc) is 3.11. The van der Waals surface area contributed by atoms with Crippen molar-refractivity contribution in [1.82, 2.24) is 20.1 Å². The molecule has 1 aromatic carbocycles. The molecule has 0 aliphatic carbocycles. The van der Waals surface area contributed by atoms with E-state index in [1.165, 1.54) is 17.7 Å². The quantitative estimate of drug-likeness (QED) is 0.237. The van der Waals surface area contributed by atoms with Crippen LogP contribution in [0.5, 0.6) is 0 Å². The first-order valence-corrected chi connectivity index (χ1v) is 9.58. The van der Waals surface area contributed by atoms with Crippen LogP contribution in [0, 0.1) is 0 Å². The SMILES string of the molecule is C[N+](C)=C(On1nnc2ccccc21)N1CCCC1.F[P-](F)(F)(F)(F)F. The molecule has 1 aliphatic heterocycles. The van der Waals surface area contributed by atoms with Crippen molar-refractivity contribution in [3.8, 4) is 0 Å². The van der Waals surface area contributed by atoms with Crippen LogP contribution in [-0.2, 0) is 0 Å². The maximum absolute atomic E-state index is 10.7. The molecule has 0 radical (unpaired) electrons. The number of amidine groups is 1. The van der Waals surface area contributed by atoms with Gasteiger partial charge in [-0.1, -0.05) is 17.0 Å². The molecule has 0 unspecified atom stereocenters. The molecule has 26 heavy (non-hydrogen) atoms. The van der Waals surface area contributed by atoms with Gasteiger partial charge in [-0.05, 0) is 30.2 Å². The van der Waals surface area contributed by atoms with E-state index in [1.807, 2.05) is 42.9 Å². The van der Waals surface area contributed by atoms with Crippen LogP contribution in [0.2, 0.25) is 0 Å². The summed E-state index contributed by atoms with van der Waals surface area (Å²) in [5.74, 6) is 0. The Labute approximate surface area is 144 Å². The third kappa shape index (κ3) is 7.03. The number of hydrogen-bond donors (Lipinski definition) is 0. The van der Waals surface area contributed by atoms with Crippen LogP contribution < -0.4 is 4.84 Å². The summed E-state index contributed by atoms with van der Waals surface area (Å²) in [6, 6.07) is 8.59. The molecule has 0 N–H and O–H groups in total. The van der Waals surface area contributed by atoms with Crippen molar-refractivity contribution < 1.29 is 34.6 Å². The Hall–Kier alpha value is -2.10. The molecular formula is C13H18F6N5OP. The molecule has 0 amide bonds. The van der Waals surface area contributed by atoms with Crippen LogP contribution in [0.15, 0.2) is 24.3 Å². The summed E-state index contributed by atoms with van der Waals surface area (Å²) in [5.41, 5.74) is 1.71. The molecule has 0 saturated carbocycles. The number of hydrogen-bond acceptors (Lipinski definition) is 3. The zero-order valence-corrected chi connectivity index (χ0v) is 14.9. The van der Waals surface area contributed by atoms with Crippen LogP contribution >= 0.6 is 7.81 Å². The van der Waals surface area contributed by atoms with Gasteiger partial charge in [-0.15, -0.1) is 5.10 Å². The monoisotopic (exact) mass is 405 g/mol. The van der Waals surface area contributed by atoms with Gasteiger partial charge in [-0.25, -0.2) is 9.48 Å². The van der Waals surface area contributed by atoms with Crippen molar-refractivity contribution in [3.63, 3.8) is 0 Å². The number of likely N-dealkylation sites (tertiary alicyclic amines) is 1. The summed E-state index contributed by atoms with van der Waals surface area (Å²) in [7, 11) is -6.70. The third-order valence-electron chi connectivity index (χ3n) is 3.25. The van der Waals surface area contributed by atoms with Crippen LogP contribution in [-0.4, -0.2) is 57.8 Å². The molecule has 1 saturated heterocycles. The van der Waals surface area contributed by atoms with Crippen molar-refractivity contribution in [3.05, 3.63) is 24.3 Å². The Kier molecular flexibility index (Phi) is 4.86. The first kappa shape index (κ1) is 20.2. The number of aromatic nitrogens is 3. The molecule has 3 rings (SSSR count). The molecule has 2 heterocycles. The number of rotatable bonds is 1. The van der Waals surface area contributed by atoms with Gasteiger partial charge in [0.1, 0.15) is 11.0 Å². The topological polar surface area (TPSA) is 46.2 Å². The molecule has 13 heteroatoms. The predicted octanol–water partition coefficient (Wildman–Crippen LogP) is 3.97. The van der Waals surface area contributed by atoms with Crippen LogP contribution in [0.25, 0.3) is 11.0 Å². The van der Waals surface area contributed by atoms with Gasteiger partial charge in [0, 0.05) is 0 Å². The van der Waals surface area contributed by atoms with E-state index in [0.29, 0.717) is 0 Å². The molecule has 148 valence electrons. The zero-order chi connectivity index (χ0) is 19.7. The molecule has 1 aromatic heterocycles. The van der Waals surface area contributed by atoms with Crippen LogP contribution in [0.4, 0.5) is 25.2 Å². The molecule has 0 spiro atoms. The standard InChI is InChI=1S/C13H18N5O.F6P/c1-16(2)13(17-9-5-6-10-17)19-18-12-8-4-3-7-11(12)14-15-18;1-7(2,3,4,5)6/h3-4,7-8H,5-6,9-10H2,1-2H3;/q+1;-1. The van der Waals surface area contributed by atoms with E-state index in [0.717, 1.165) is 30.1 Å². The van der Waals surface area contributed by atoms with Gasteiger partial charge >= 0.3 is 39.0 Å². The minimum absolute atomic E-state index is 0.813. The summed E-state index contributed by atoms with van der Waals surface area (Å²) in [4.78, 5) is 9.65. The molecule has 1 fully saturated rings. The Balaban J connectivity index is 0.000000298. The second-order valence-corrected chi connectivity index (χ2v) is 7.79. The summed E-state index contributed by atoms with van der Waals surface area (Å²) in [6.07, 6.45) is 2.41. The molecule has 0 atom stereocenters. The third-order valence-corrected chi connectivity index (χ3v) is 3.25. The number of nitrogens with zero attached hydrogens (tertiary/aromatic N) is 5. The van der Waals surface area contributed by atoms with Crippen LogP contribution in [0.1, 0.15) is 12.8 Å². The summed E-state index contributed by atoms with van der Waals surface area (Å²) >= 11 is 0. The summed E-state index contributed by atoms with van der Waals surface area (Å²) in [6.45, 7) is 2.06. The Bertz CT molecular complexity index is 798. The van der Waals surface area contributed by atoms with Crippen molar-refractivity contribution in [2.24, 2.45) is 0 Å². The fourth-order valence-corrected chi connectivity index (χ4v) is 2.32. The van der Waals surface area contributed by atoms with Crippen molar-refractivity contribution in [2.75, 3.05) is 27.2 Å². The number of halogens is 6. The fraction of sp³-hybridized carbons (Fsp3) is 0.462. The van der Waals surface area contributed by atoms with Gasteiger partial charge in [-0.2, -0.15) is 0 Å². The fourth-order valence-electron chi connectivity index (χ4n) is 2.32. The normalized spacial score (nSPS) is 17.2. The van der Waals surface area contributed by atoms with E-state index in [-0.39, 0.29) is 0 Å². The minimum atomic E-state index is -10.7. The second-order valence-electron chi connectivity index (χ2n) is 5.87. The van der Waals surface area contributed by atoms with Gasteiger partial charge in [0.2, 0.25) is 0 Å². The molecule has 2 aromatic rings. The first-order valence-electron chi connectivity index (χ1n) is 7.55. The zero-order valence-electron chi connectivity index (χ0n) is 14.0. The Morgan fingerprint density at radius 1 is 1.04 bits per heavy atom. The summed E-state index contributed by atoms with van der Waals surface area (Å²) in [5, 5.41) is 8.15. The van der Waals surface area contributed by atoms with E-state index in [1.54, 1.807) is 0 Å². The van der Waals surface area contributed by atoms with Gasteiger partial charge < -0.3 is 0 Å². The van der Waals surface area contributed by atoms with Crippen molar-refractivity contribution in [2.45, 2.75) is 12.8 Å². The second kappa shape index (κ2) is 6.26. The van der Waals surface area contributed by atoms with Crippen molar-refractivity contribution in [1.29, 1.82) is 0 Å². The molecule has 0 bridgehead atoms. The van der Waals surface area contributed by atoms with Gasteiger partial charge in [0.25, 0.3) is 0 Å². The number of benzene rings is 1. The molecule has 1 aliphatic rings. The molecule has 6 nitrogen and oxygen atoms in total. The number of para-hydroxylation sites is 1. The number of fused-ring (bicyclic) bond motifs is 1. The van der Waals surface area contributed by atoms with Gasteiger partial charge in [0.15, 0.2) is 0 Å². The van der Waals surface area contributed by atoms with E-state index in [9.17, 15) is 25.2 Å². The first-order chi connectivity index (χ1) is 11.7. The Morgan fingerprint density at radius 2 is 1.58 bits per heavy atom. The maximum atomic E-state index is 9.87. The van der Waals surface area contributed by atoms with Crippen LogP contribution in [0.3, 0.4) is 0 Å². The van der Waals surface area contributed by atoms with Crippen molar-refractivity contribution >= 4 is 24.9 Å². The van der Waals surface area contributed by atoms with E-state index in [4.69, 9.17) is 4.84 Å².